The van der Waals surface area contributed by atoms with Crippen LogP contribution in [-0.4, -0.2) is 34.5 Å². The van der Waals surface area contributed by atoms with E-state index < -0.39 is 5.97 Å². The molecule has 0 bridgehead atoms. The summed E-state index contributed by atoms with van der Waals surface area (Å²) in [4.78, 5) is 21.6. The number of hydrogen-bond acceptors (Lipinski definition) is 3. The van der Waals surface area contributed by atoms with Crippen molar-refractivity contribution in [2.24, 2.45) is 5.92 Å². The summed E-state index contributed by atoms with van der Waals surface area (Å²) < 4.78 is 0. The fourth-order valence-corrected chi connectivity index (χ4v) is 1.35. The molecule has 1 atom stereocenters. The lowest BCUT2D eigenvalue weighted by molar-refractivity contribution is -0.133. The third-order valence-electron chi connectivity index (χ3n) is 1.51. The van der Waals surface area contributed by atoms with E-state index in [0.717, 1.165) is 11.8 Å². The van der Waals surface area contributed by atoms with E-state index in [1.165, 1.54) is 0 Å². The fraction of sp³-hybridized carbons (Fsp3) is 0.778. The zero-order valence-electron chi connectivity index (χ0n) is 8.74. The van der Waals surface area contributed by atoms with Gasteiger partial charge in [-0.3, -0.25) is 9.59 Å². The van der Waals surface area contributed by atoms with Crippen LogP contribution in [0.15, 0.2) is 0 Å². The first-order chi connectivity index (χ1) is 6.43. The summed E-state index contributed by atoms with van der Waals surface area (Å²) in [5.41, 5.74) is 0. The van der Waals surface area contributed by atoms with Gasteiger partial charge < -0.3 is 10.4 Å². The van der Waals surface area contributed by atoms with E-state index in [9.17, 15) is 9.59 Å². The normalized spacial score (nSPS) is 12.6. The van der Waals surface area contributed by atoms with E-state index in [1.54, 1.807) is 6.92 Å². The topological polar surface area (TPSA) is 66.4 Å². The molecule has 0 heterocycles. The Morgan fingerprint density at radius 2 is 1.93 bits per heavy atom. The Hall–Kier alpha value is -0.710. The predicted molar refractivity (Wildman–Crippen MR) is 57.4 cm³/mol. The largest absolute Gasteiger partial charge is 0.481 e. The molecule has 4 nitrogen and oxygen atoms in total. The van der Waals surface area contributed by atoms with Gasteiger partial charge in [0.15, 0.2) is 0 Å². The van der Waals surface area contributed by atoms with Gasteiger partial charge in [-0.15, -0.1) is 11.8 Å². The SMILES string of the molecule is CC(C)CNC(=O)C(C)SCC(=O)O. The molecule has 82 valence electrons. The van der Waals surface area contributed by atoms with Crippen LogP contribution in [0.1, 0.15) is 20.8 Å². The van der Waals surface area contributed by atoms with Crippen molar-refractivity contribution in [1.82, 2.24) is 5.32 Å². The number of rotatable bonds is 6. The number of nitrogens with one attached hydrogen (secondary N) is 1. The molecule has 0 saturated carbocycles. The van der Waals surface area contributed by atoms with Crippen molar-refractivity contribution in [3.63, 3.8) is 0 Å². The number of carboxylic acids is 1. The molecule has 0 aliphatic heterocycles. The van der Waals surface area contributed by atoms with Crippen molar-refractivity contribution < 1.29 is 14.7 Å². The molecule has 2 N–H and O–H groups in total. The van der Waals surface area contributed by atoms with Crippen LogP contribution >= 0.6 is 11.8 Å². The smallest absolute Gasteiger partial charge is 0.313 e. The Morgan fingerprint density at radius 1 is 1.36 bits per heavy atom. The van der Waals surface area contributed by atoms with E-state index in [0.29, 0.717) is 12.5 Å². The summed E-state index contributed by atoms with van der Waals surface area (Å²) in [7, 11) is 0. The van der Waals surface area contributed by atoms with Gasteiger partial charge in [-0.05, 0) is 12.8 Å². The summed E-state index contributed by atoms with van der Waals surface area (Å²) >= 11 is 1.13. The lowest BCUT2D eigenvalue weighted by Gasteiger charge is -2.12. The molecule has 0 spiro atoms. The summed E-state index contributed by atoms with van der Waals surface area (Å²) in [5.74, 6) is -0.602. The summed E-state index contributed by atoms with van der Waals surface area (Å²) in [6.07, 6.45) is 0. The second-order valence-electron chi connectivity index (χ2n) is 3.49. The standard InChI is InChI=1S/C9H17NO3S/c1-6(2)4-10-9(13)7(3)14-5-8(11)12/h6-7H,4-5H2,1-3H3,(H,10,13)(H,11,12). The van der Waals surface area contributed by atoms with Crippen molar-refractivity contribution in [2.75, 3.05) is 12.3 Å². The number of thioether (sulfide) groups is 1. The summed E-state index contributed by atoms with van der Waals surface area (Å²) in [6.45, 7) is 6.37. The maximum atomic E-state index is 11.3. The number of carbonyl (C=O) groups excluding carboxylic acids is 1. The van der Waals surface area contributed by atoms with E-state index in [4.69, 9.17) is 5.11 Å². The molecule has 5 heteroatoms. The van der Waals surface area contributed by atoms with Gasteiger partial charge in [0.1, 0.15) is 0 Å². The molecule has 0 fully saturated rings. The minimum absolute atomic E-state index is 0.0315. The molecule has 0 aromatic carbocycles. The van der Waals surface area contributed by atoms with Crippen LogP contribution in [0.5, 0.6) is 0 Å². The lowest BCUT2D eigenvalue weighted by atomic mass is 10.2. The van der Waals surface area contributed by atoms with Gasteiger partial charge in [-0.1, -0.05) is 13.8 Å². The summed E-state index contributed by atoms with van der Waals surface area (Å²) in [6, 6.07) is 0. The number of hydrogen-bond donors (Lipinski definition) is 2. The van der Waals surface area contributed by atoms with Crippen LogP contribution in [0.4, 0.5) is 0 Å². The molecule has 0 rings (SSSR count). The van der Waals surface area contributed by atoms with Gasteiger partial charge in [0.25, 0.3) is 0 Å². The van der Waals surface area contributed by atoms with Crippen LogP contribution in [0.2, 0.25) is 0 Å². The minimum atomic E-state index is -0.890. The van der Waals surface area contributed by atoms with E-state index in [2.05, 4.69) is 5.32 Å². The van der Waals surface area contributed by atoms with Crippen molar-refractivity contribution >= 4 is 23.6 Å². The highest BCUT2D eigenvalue weighted by Crippen LogP contribution is 2.09. The molecule has 0 aliphatic rings. The second kappa shape index (κ2) is 6.70. The zero-order chi connectivity index (χ0) is 11.1. The highest BCUT2D eigenvalue weighted by molar-refractivity contribution is 8.01. The van der Waals surface area contributed by atoms with E-state index >= 15 is 0 Å². The molecule has 0 aromatic heterocycles. The van der Waals surface area contributed by atoms with Gasteiger partial charge in [0.05, 0.1) is 11.0 Å². The van der Waals surface area contributed by atoms with Crippen LogP contribution in [0.25, 0.3) is 0 Å². The monoisotopic (exact) mass is 219 g/mol. The Morgan fingerprint density at radius 3 is 2.36 bits per heavy atom. The lowest BCUT2D eigenvalue weighted by Crippen LogP contribution is -2.34. The fourth-order valence-electron chi connectivity index (χ4n) is 0.720. The molecule has 1 amide bonds. The van der Waals surface area contributed by atoms with Crippen molar-refractivity contribution in [2.45, 2.75) is 26.0 Å². The third kappa shape index (κ3) is 6.77. The van der Waals surface area contributed by atoms with Crippen LogP contribution < -0.4 is 5.32 Å². The first-order valence-corrected chi connectivity index (χ1v) is 5.59. The summed E-state index contributed by atoms with van der Waals surface area (Å²) in [5, 5.41) is 10.9. The molecule has 0 saturated heterocycles. The Kier molecular flexibility index (Phi) is 6.36. The van der Waals surface area contributed by atoms with Crippen LogP contribution in [0, 0.1) is 5.92 Å². The van der Waals surface area contributed by atoms with Gasteiger partial charge >= 0.3 is 5.97 Å². The first-order valence-electron chi connectivity index (χ1n) is 4.54. The number of amides is 1. The van der Waals surface area contributed by atoms with Gasteiger partial charge in [-0.2, -0.15) is 0 Å². The van der Waals surface area contributed by atoms with Crippen molar-refractivity contribution in [1.29, 1.82) is 0 Å². The number of aliphatic carboxylic acids is 1. The molecular weight excluding hydrogens is 202 g/mol. The molecule has 14 heavy (non-hydrogen) atoms. The molecule has 1 unspecified atom stereocenters. The third-order valence-corrected chi connectivity index (χ3v) is 2.64. The molecule has 0 aromatic rings. The average molecular weight is 219 g/mol. The highest BCUT2D eigenvalue weighted by Gasteiger charge is 2.14. The number of carbonyl (C=O) groups is 2. The average Bonchev–Trinajstić information content (AvgIpc) is 2.09. The molecular formula is C9H17NO3S. The van der Waals surface area contributed by atoms with E-state index in [1.807, 2.05) is 13.8 Å². The van der Waals surface area contributed by atoms with Crippen LogP contribution in [-0.2, 0) is 9.59 Å². The second-order valence-corrected chi connectivity index (χ2v) is 4.82. The minimum Gasteiger partial charge on any atom is -0.481 e. The first kappa shape index (κ1) is 13.3. The predicted octanol–water partition coefficient (Wildman–Crippen LogP) is 0.965. The molecule has 0 radical (unpaired) electrons. The Labute approximate surface area is 88.4 Å². The van der Waals surface area contributed by atoms with Crippen LogP contribution in [0.3, 0.4) is 0 Å². The Bertz CT molecular complexity index is 206. The quantitative estimate of drug-likeness (QED) is 0.698. The zero-order valence-corrected chi connectivity index (χ0v) is 9.56. The maximum absolute atomic E-state index is 11.3. The van der Waals surface area contributed by atoms with Crippen molar-refractivity contribution in [3.05, 3.63) is 0 Å². The van der Waals surface area contributed by atoms with Gasteiger partial charge in [-0.25, -0.2) is 0 Å². The highest BCUT2D eigenvalue weighted by atomic mass is 32.2. The van der Waals surface area contributed by atoms with Gasteiger partial charge in [0, 0.05) is 6.54 Å². The molecule has 0 aliphatic carbocycles. The van der Waals surface area contributed by atoms with Gasteiger partial charge in [0.2, 0.25) is 5.91 Å². The van der Waals surface area contributed by atoms with E-state index in [-0.39, 0.29) is 16.9 Å². The Balaban J connectivity index is 3.70. The van der Waals surface area contributed by atoms with Crippen molar-refractivity contribution in [3.8, 4) is 0 Å². The maximum Gasteiger partial charge on any atom is 0.313 e. The number of carboxylic acid groups (broad SMARTS) is 1.